The third kappa shape index (κ3) is 2.14. The lowest BCUT2D eigenvalue weighted by atomic mass is 10.1. The van der Waals surface area contributed by atoms with E-state index in [1.807, 2.05) is 12.1 Å². The fraction of sp³-hybridized carbons (Fsp3) is 0.188. The van der Waals surface area contributed by atoms with Crippen molar-refractivity contribution in [1.29, 1.82) is 0 Å². The average molecular weight is 287 g/mol. The summed E-state index contributed by atoms with van der Waals surface area (Å²) < 4.78 is 5.38. The van der Waals surface area contributed by atoms with Crippen LogP contribution in [0.1, 0.15) is 11.1 Å². The monoisotopic (exact) mass is 286 g/mol. The maximum atomic E-state index is 6.08. The topological polar surface area (TPSA) is 37.9 Å². The van der Waals surface area contributed by atoms with Gasteiger partial charge in [0, 0.05) is 5.02 Å². The predicted molar refractivity (Wildman–Crippen MR) is 82.6 cm³/mol. The summed E-state index contributed by atoms with van der Waals surface area (Å²) in [6, 6.07) is 9.71. The number of aromatic nitrogens is 2. The molecule has 0 saturated carbocycles. The SMILES string of the molecule is COc1ccc(Cl)cc1-c1nc2cc(C)c(C)cc2[nH]1. The highest BCUT2D eigenvalue weighted by molar-refractivity contribution is 6.30. The van der Waals surface area contributed by atoms with Gasteiger partial charge in [0.2, 0.25) is 0 Å². The number of imidazole rings is 1. The molecule has 0 aliphatic carbocycles. The number of hydrogen-bond donors (Lipinski definition) is 1. The van der Waals surface area contributed by atoms with Gasteiger partial charge in [-0.15, -0.1) is 0 Å². The minimum absolute atomic E-state index is 0.661. The van der Waals surface area contributed by atoms with Gasteiger partial charge in [-0.05, 0) is 55.3 Å². The van der Waals surface area contributed by atoms with Crippen molar-refractivity contribution in [2.24, 2.45) is 0 Å². The molecule has 0 atom stereocenters. The molecule has 4 heteroatoms. The lowest BCUT2D eigenvalue weighted by Gasteiger charge is -2.06. The molecule has 0 amide bonds. The van der Waals surface area contributed by atoms with Crippen molar-refractivity contribution in [3.8, 4) is 17.1 Å². The molecule has 1 N–H and O–H groups in total. The largest absolute Gasteiger partial charge is 0.496 e. The fourth-order valence-electron chi connectivity index (χ4n) is 2.26. The van der Waals surface area contributed by atoms with Crippen LogP contribution >= 0.6 is 11.6 Å². The summed E-state index contributed by atoms with van der Waals surface area (Å²) in [5, 5.41) is 0.661. The van der Waals surface area contributed by atoms with E-state index in [0.29, 0.717) is 5.02 Å². The lowest BCUT2D eigenvalue weighted by molar-refractivity contribution is 0.416. The van der Waals surface area contributed by atoms with Gasteiger partial charge >= 0.3 is 0 Å². The molecule has 20 heavy (non-hydrogen) atoms. The van der Waals surface area contributed by atoms with Crippen LogP contribution in [-0.2, 0) is 0 Å². The van der Waals surface area contributed by atoms with Gasteiger partial charge in [0.15, 0.2) is 0 Å². The number of rotatable bonds is 2. The number of aromatic amines is 1. The third-order valence-corrected chi connectivity index (χ3v) is 3.75. The molecule has 0 radical (unpaired) electrons. The Balaban J connectivity index is 2.22. The predicted octanol–water partition coefficient (Wildman–Crippen LogP) is 4.51. The van der Waals surface area contributed by atoms with Gasteiger partial charge in [-0.3, -0.25) is 0 Å². The first-order chi connectivity index (χ1) is 9.58. The minimum Gasteiger partial charge on any atom is -0.496 e. The summed E-state index contributed by atoms with van der Waals surface area (Å²) in [4.78, 5) is 7.97. The summed E-state index contributed by atoms with van der Waals surface area (Å²) in [7, 11) is 1.64. The van der Waals surface area contributed by atoms with Crippen molar-refractivity contribution in [1.82, 2.24) is 9.97 Å². The Morgan fingerprint density at radius 3 is 2.60 bits per heavy atom. The van der Waals surface area contributed by atoms with Gasteiger partial charge in [0.1, 0.15) is 11.6 Å². The second kappa shape index (κ2) is 4.84. The van der Waals surface area contributed by atoms with E-state index in [1.54, 1.807) is 13.2 Å². The number of halogens is 1. The fourth-order valence-corrected chi connectivity index (χ4v) is 2.43. The highest BCUT2D eigenvalue weighted by Crippen LogP contribution is 2.32. The van der Waals surface area contributed by atoms with E-state index in [4.69, 9.17) is 16.3 Å². The molecule has 2 aromatic carbocycles. The van der Waals surface area contributed by atoms with E-state index in [-0.39, 0.29) is 0 Å². The second-order valence-corrected chi connectivity index (χ2v) is 5.32. The number of ether oxygens (including phenoxy) is 1. The van der Waals surface area contributed by atoms with Gasteiger partial charge in [-0.1, -0.05) is 11.6 Å². The summed E-state index contributed by atoms with van der Waals surface area (Å²) in [6.07, 6.45) is 0. The molecule has 0 fully saturated rings. The maximum Gasteiger partial charge on any atom is 0.142 e. The zero-order valence-corrected chi connectivity index (χ0v) is 12.4. The molecule has 1 heterocycles. The summed E-state index contributed by atoms with van der Waals surface area (Å²) in [5.41, 5.74) is 5.31. The van der Waals surface area contributed by atoms with E-state index in [1.165, 1.54) is 11.1 Å². The standard InChI is InChI=1S/C16H15ClN2O/c1-9-6-13-14(7-10(9)2)19-16(18-13)12-8-11(17)4-5-15(12)20-3/h4-8H,1-3H3,(H,18,19). The van der Waals surface area contributed by atoms with Crippen molar-refractivity contribution in [3.63, 3.8) is 0 Å². The van der Waals surface area contributed by atoms with E-state index < -0.39 is 0 Å². The Hall–Kier alpha value is -2.00. The molecule has 3 aromatic rings. The smallest absolute Gasteiger partial charge is 0.142 e. The molecular weight excluding hydrogens is 272 g/mol. The average Bonchev–Trinajstić information content (AvgIpc) is 2.82. The first-order valence-corrected chi connectivity index (χ1v) is 6.77. The molecule has 1 aromatic heterocycles. The van der Waals surface area contributed by atoms with Crippen LogP contribution in [0.25, 0.3) is 22.4 Å². The molecule has 0 spiro atoms. The number of hydrogen-bond acceptors (Lipinski definition) is 2. The lowest BCUT2D eigenvalue weighted by Crippen LogP contribution is -1.89. The molecule has 0 aliphatic rings. The number of H-pyrrole nitrogens is 1. The number of benzene rings is 2. The maximum absolute atomic E-state index is 6.08. The van der Waals surface area contributed by atoms with Gasteiger partial charge in [-0.25, -0.2) is 4.98 Å². The van der Waals surface area contributed by atoms with Crippen LogP contribution in [0.4, 0.5) is 0 Å². The molecule has 3 rings (SSSR count). The second-order valence-electron chi connectivity index (χ2n) is 4.88. The normalized spacial score (nSPS) is 11.0. The summed E-state index contributed by atoms with van der Waals surface area (Å²) in [5.74, 6) is 1.52. The molecule has 0 aliphatic heterocycles. The highest BCUT2D eigenvalue weighted by atomic mass is 35.5. The highest BCUT2D eigenvalue weighted by Gasteiger charge is 2.12. The first-order valence-electron chi connectivity index (χ1n) is 6.39. The van der Waals surface area contributed by atoms with Gasteiger partial charge in [-0.2, -0.15) is 0 Å². The van der Waals surface area contributed by atoms with Crippen LogP contribution in [0, 0.1) is 13.8 Å². The van der Waals surface area contributed by atoms with Crippen LogP contribution in [0.15, 0.2) is 30.3 Å². The van der Waals surface area contributed by atoms with E-state index in [2.05, 4.69) is 35.9 Å². The van der Waals surface area contributed by atoms with Crippen LogP contribution in [-0.4, -0.2) is 17.1 Å². The summed E-state index contributed by atoms with van der Waals surface area (Å²) >= 11 is 6.08. The van der Waals surface area contributed by atoms with Gasteiger partial charge in [0.05, 0.1) is 23.7 Å². The quantitative estimate of drug-likeness (QED) is 0.753. The van der Waals surface area contributed by atoms with Crippen molar-refractivity contribution in [2.45, 2.75) is 13.8 Å². The molecule has 0 bridgehead atoms. The van der Waals surface area contributed by atoms with Gasteiger partial charge in [0.25, 0.3) is 0 Å². The molecule has 3 nitrogen and oxygen atoms in total. The first kappa shape index (κ1) is 13.0. The van der Waals surface area contributed by atoms with Gasteiger partial charge < -0.3 is 9.72 Å². The summed E-state index contributed by atoms with van der Waals surface area (Å²) in [6.45, 7) is 4.18. The number of fused-ring (bicyclic) bond motifs is 1. The third-order valence-electron chi connectivity index (χ3n) is 3.51. The number of methoxy groups -OCH3 is 1. The Morgan fingerprint density at radius 2 is 1.85 bits per heavy atom. The molecule has 102 valence electrons. The van der Waals surface area contributed by atoms with Crippen LogP contribution in [0.3, 0.4) is 0 Å². The number of nitrogens with one attached hydrogen (secondary N) is 1. The zero-order chi connectivity index (χ0) is 14.3. The molecular formula is C16H15ClN2O. The Morgan fingerprint density at radius 1 is 1.10 bits per heavy atom. The minimum atomic E-state index is 0.661. The van der Waals surface area contributed by atoms with Crippen molar-refractivity contribution in [2.75, 3.05) is 7.11 Å². The van der Waals surface area contributed by atoms with Crippen molar-refractivity contribution in [3.05, 3.63) is 46.5 Å². The number of nitrogens with zero attached hydrogens (tertiary/aromatic N) is 1. The Labute approximate surface area is 122 Å². The van der Waals surface area contributed by atoms with Crippen molar-refractivity contribution < 1.29 is 4.74 Å². The Bertz CT molecular complexity index is 754. The number of aryl methyl sites for hydroxylation is 2. The van der Waals surface area contributed by atoms with E-state index >= 15 is 0 Å². The van der Waals surface area contributed by atoms with Crippen LogP contribution in [0.2, 0.25) is 5.02 Å². The van der Waals surface area contributed by atoms with E-state index in [9.17, 15) is 0 Å². The van der Waals surface area contributed by atoms with Crippen LogP contribution < -0.4 is 4.74 Å². The van der Waals surface area contributed by atoms with E-state index in [0.717, 1.165) is 28.2 Å². The molecule has 0 unspecified atom stereocenters. The molecule has 0 saturated heterocycles. The van der Waals surface area contributed by atoms with Crippen molar-refractivity contribution >= 4 is 22.6 Å². The zero-order valence-electron chi connectivity index (χ0n) is 11.6. The van der Waals surface area contributed by atoms with Crippen LogP contribution in [0.5, 0.6) is 5.75 Å². The Kier molecular flexibility index (Phi) is 3.14.